The van der Waals surface area contributed by atoms with Gasteiger partial charge in [0.05, 0.1) is 7.11 Å². The van der Waals surface area contributed by atoms with Crippen LogP contribution in [0.1, 0.15) is 35.1 Å². The molecule has 1 aromatic rings. The van der Waals surface area contributed by atoms with Gasteiger partial charge in [-0.25, -0.2) is 0 Å². The normalized spacial score (nSPS) is 10.5. The van der Waals surface area contributed by atoms with E-state index in [9.17, 15) is 4.79 Å². The van der Waals surface area contributed by atoms with E-state index in [4.69, 9.17) is 0 Å². The standard InChI is InChI=1S/C16H25NO2/c1-12-10-13(2)15(14(3)11-12)7-9-17-8-5-6-16(18)19-4/h10-11,17H,5-9H2,1-4H3. The average Bonchev–Trinajstić information content (AvgIpc) is 2.35. The molecule has 0 fully saturated rings. The Morgan fingerprint density at radius 2 is 1.79 bits per heavy atom. The van der Waals surface area contributed by atoms with Crippen LogP contribution < -0.4 is 5.32 Å². The average molecular weight is 263 g/mol. The Morgan fingerprint density at radius 3 is 2.37 bits per heavy atom. The predicted octanol–water partition coefficient (Wildman–Crippen LogP) is 2.70. The number of ether oxygens (including phenoxy) is 1. The molecule has 0 spiro atoms. The lowest BCUT2D eigenvalue weighted by Crippen LogP contribution is -2.20. The largest absolute Gasteiger partial charge is 0.469 e. The summed E-state index contributed by atoms with van der Waals surface area (Å²) in [5.74, 6) is -0.132. The van der Waals surface area contributed by atoms with Crippen LogP contribution in [0.3, 0.4) is 0 Å². The molecular formula is C16H25NO2. The van der Waals surface area contributed by atoms with E-state index < -0.39 is 0 Å². The summed E-state index contributed by atoms with van der Waals surface area (Å²) in [5.41, 5.74) is 5.50. The first kappa shape index (κ1) is 15.7. The maximum Gasteiger partial charge on any atom is 0.305 e. The molecule has 1 N–H and O–H groups in total. The van der Waals surface area contributed by atoms with Crippen molar-refractivity contribution in [3.8, 4) is 0 Å². The highest BCUT2D eigenvalue weighted by molar-refractivity contribution is 5.69. The second kappa shape index (κ2) is 7.95. The molecule has 1 rings (SSSR count). The minimum Gasteiger partial charge on any atom is -0.469 e. The van der Waals surface area contributed by atoms with Crippen molar-refractivity contribution in [2.45, 2.75) is 40.0 Å². The van der Waals surface area contributed by atoms with E-state index in [0.717, 1.165) is 25.9 Å². The number of rotatable bonds is 7. The number of methoxy groups -OCH3 is 1. The number of carbonyl (C=O) groups excluding carboxylic acids is 1. The van der Waals surface area contributed by atoms with Crippen LogP contribution in [0.5, 0.6) is 0 Å². The molecule has 0 aliphatic heterocycles. The maximum absolute atomic E-state index is 10.9. The zero-order chi connectivity index (χ0) is 14.3. The summed E-state index contributed by atoms with van der Waals surface area (Å²) in [5, 5.41) is 3.37. The van der Waals surface area contributed by atoms with Gasteiger partial charge in [-0.2, -0.15) is 0 Å². The van der Waals surface area contributed by atoms with Gasteiger partial charge in [0, 0.05) is 6.42 Å². The van der Waals surface area contributed by atoms with Gasteiger partial charge in [-0.05, 0) is 63.4 Å². The Morgan fingerprint density at radius 1 is 1.16 bits per heavy atom. The van der Waals surface area contributed by atoms with Gasteiger partial charge in [0.1, 0.15) is 0 Å². The zero-order valence-electron chi connectivity index (χ0n) is 12.5. The highest BCUT2D eigenvalue weighted by Crippen LogP contribution is 2.16. The number of benzene rings is 1. The summed E-state index contributed by atoms with van der Waals surface area (Å²) in [7, 11) is 1.43. The van der Waals surface area contributed by atoms with E-state index in [-0.39, 0.29) is 5.97 Å². The number of hydrogen-bond donors (Lipinski definition) is 1. The Balaban J connectivity index is 2.28. The van der Waals surface area contributed by atoms with Crippen molar-refractivity contribution < 1.29 is 9.53 Å². The van der Waals surface area contributed by atoms with Crippen molar-refractivity contribution in [2.75, 3.05) is 20.2 Å². The van der Waals surface area contributed by atoms with Crippen molar-refractivity contribution >= 4 is 5.97 Å². The van der Waals surface area contributed by atoms with Gasteiger partial charge >= 0.3 is 5.97 Å². The van der Waals surface area contributed by atoms with E-state index >= 15 is 0 Å². The Bertz CT molecular complexity index is 404. The quantitative estimate of drug-likeness (QED) is 0.607. The second-order valence-electron chi connectivity index (χ2n) is 5.06. The summed E-state index contributed by atoms with van der Waals surface area (Å²) < 4.78 is 4.60. The molecule has 0 atom stereocenters. The molecular weight excluding hydrogens is 238 g/mol. The van der Waals surface area contributed by atoms with Crippen molar-refractivity contribution in [3.63, 3.8) is 0 Å². The van der Waals surface area contributed by atoms with Gasteiger partial charge in [-0.3, -0.25) is 4.79 Å². The van der Waals surface area contributed by atoms with E-state index in [1.165, 1.54) is 29.4 Å². The number of esters is 1. The van der Waals surface area contributed by atoms with Crippen LogP contribution in [0, 0.1) is 20.8 Å². The molecule has 0 radical (unpaired) electrons. The molecule has 0 aromatic heterocycles. The third-order valence-electron chi connectivity index (χ3n) is 3.35. The fourth-order valence-corrected chi connectivity index (χ4v) is 2.40. The summed E-state index contributed by atoms with van der Waals surface area (Å²) >= 11 is 0. The number of nitrogens with one attached hydrogen (secondary N) is 1. The van der Waals surface area contributed by atoms with Crippen molar-refractivity contribution in [1.29, 1.82) is 0 Å². The molecule has 3 heteroatoms. The lowest BCUT2D eigenvalue weighted by atomic mass is 9.97. The molecule has 3 nitrogen and oxygen atoms in total. The second-order valence-corrected chi connectivity index (χ2v) is 5.06. The van der Waals surface area contributed by atoms with Crippen LogP contribution in [-0.2, 0) is 16.0 Å². The third kappa shape index (κ3) is 5.43. The predicted molar refractivity (Wildman–Crippen MR) is 78.5 cm³/mol. The van der Waals surface area contributed by atoms with Crippen molar-refractivity contribution in [2.24, 2.45) is 0 Å². The van der Waals surface area contributed by atoms with Gasteiger partial charge in [0.25, 0.3) is 0 Å². The summed E-state index contributed by atoms with van der Waals surface area (Å²) in [6, 6.07) is 4.47. The number of aryl methyl sites for hydroxylation is 3. The molecule has 0 aliphatic rings. The maximum atomic E-state index is 10.9. The fraction of sp³-hybridized carbons (Fsp3) is 0.562. The molecule has 0 heterocycles. The molecule has 0 aliphatic carbocycles. The first-order valence-corrected chi connectivity index (χ1v) is 6.89. The molecule has 106 valence electrons. The van der Waals surface area contributed by atoms with Crippen LogP contribution in [0.2, 0.25) is 0 Å². The van der Waals surface area contributed by atoms with Gasteiger partial charge in [-0.15, -0.1) is 0 Å². The van der Waals surface area contributed by atoms with E-state index in [2.05, 4.69) is 43.0 Å². The molecule has 0 unspecified atom stereocenters. The van der Waals surface area contributed by atoms with Gasteiger partial charge in [-0.1, -0.05) is 17.7 Å². The first-order valence-electron chi connectivity index (χ1n) is 6.89. The summed E-state index contributed by atoms with van der Waals surface area (Å²) in [6.07, 6.45) is 2.36. The van der Waals surface area contributed by atoms with Gasteiger partial charge in [0.2, 0.25) is 0 Å². The van der Waals surface area contributed by atoms with Gasteiger partial charge < -0.3 is 10.1 Å². The van der Waals surface area contributed by atoms with Crippen LogP contribution in [-0.4, -0.2) is 26.2 Å². The number of hydrogen-bond acceptors (Lipinski definition) is 3. The van der Waals surface area contributed by atoms with Crippen LogP contribution in [0.4, 0.5) is 0 Å². The Hall–Kier alpha value is -1.35. The van der Waals surface area contributed by atoms with Crippen molar-refractivity contribution in [1.82, 2.24) is 5.32 Å². The van der Waals surface area contributed by atoms with Gasteiger partial charge in [0.15, 0.2) is 0 Å². The fourth-order valence-electron chi connectivity index (χ4n) is 2.40. The van der Waals surface area contributed by atoms with E-state index in [1.54, 1.807) is 0 Å². The molecule has 19 heavy (non-hydrogen) atoms. The Labute approximate surface area is 116 Å². The minimum absolute atomic E-state index is 0.132. The lowest BCUT2D eigenvalue weighted by Gasteiger charge is -2.12. The summed E-state index contributed by atoms with van der Waals surface area (Å²) in [6.45, 7) is 8.29. The monoisotopic (exact) mass is 263 g/mol. The molecule has 0 amide bonds. The summed E-state index contributed by atoms with van der Waals surface area (Å²) in [4.78, 5) is 10.9. The molecule has 1 aromatic carbocycles. The molecule has 0 saturated carbocycles. The number of carbonyl (C=O) groups is 1. The molecule has 0 bridgehead atoms. The lowest BCUT2D eigenvalue weighted by molar-refractivity contribution is -0.140. The topological polar surface area (TPSA) is 38.3 Å². The highest BCUT2D eigenvalue weighted by Gasteiger charge is 2.03. The van der Waals surface area contributed by atoms with E-state index in [1.807, 2.05) is 0 Å². The van der Waals surface area contributed by atoms with Crippen molar-refractivity contribution in [3.05, 3.63) is 34.4 Å². The highest BCUT2D eigenvalue weighted by atomic mass is 16.5. The van der Waals surface area contributed by atoms with Crippen LogP contribution in [0.15, 0.2) is 12.1 Å². The third-order valence-corrected chi connectivity index (χ3v) is 3.35. The Kier molecular flexibility index (Phi) is 6.57. The molecule has 0 saturated heterocycles. The first-order chi connectivity index (χ1) is 9.04. The van der Waals surface area contributed by atoms with E-state index in [0.29, 0.717) is 6.42 Å². The smallest absolute Gasteiger partial charge is 0.305 e. The van der Waals surface area contributed by atoms with Crippen LogP contribution >= 0.6 is 0 Å². The SMILES string of the molecule is COC(=O)CCCNCCc1c(C)cc(C)cc1C. The zero-order valence-corrected chi connectivity index (χ0v) is 12.5. The van der Waals surface area contributed by atoms with Crippen LogP contribution in [0.25, 0.3) is 0 Å². The minimum atomic E-state index is -0.132.